The minimum Gasteiger partial charge on any atom is -0.480 e. The lowest BCUT2D eigenvalue weighted by Crippen LogP contribution is -2.51. The Balaban J connectivity index is 2.28. The molecule has 0 bridgehead atoms. The van der Waals surface area contributed by atoms with Gasteiger partial charge in [-0.2, -0.15) is 0 Å². The molecule has 1 atom stereocenters. The molecule has 0 saturated heterocycles. The number of benzene rings is 3. The average molecular weight is 373 g/mol. The molecule has 142 valence electrons. The van der Waals surface area contributed by atoms with Crippen molar-refractivity contribution in [2.75, 3.05) is 0 Å². The number of aliphatic carboxylic acids is 1. The molecular formula is C24H23NO3. The molecule has 1 amide bonds. The summed E-state index contributed by atoms with van der Waals surface area (Å²) in [5, 5.41) is 12.2. The second-order valence-electron chi connectivity index (χ2n) is 6.62. The Morgan fingerprint density at radius 3 is 1.43 bits per heavy atom. The van der Waals surface area contributed by atoms with Gasteiger partial charge in [-0.15, -0.1) is 0 Å². The summed E-state index contributed by atoms with van der Waals surface area (Å²) in [6.45, 7) is 1.74. The number of hydrogen-bond donors (Lipinski definition) is 2. The quantitative estimate of drug-likeness (QED) is 0.615. The summed E-state index contributed by atoms with van der Waals surface area (Å²) < 4.78 is 0. The third kappa shape index (κ3) is 3.54. The van der Waals surface area contributed by atoms with Crippen LogP contribution in [0.3, 0.4) is 0 Å². The number of carbonyl (C=O) groups excluding carboxylic acids is 1. The molecule has 3 rings (SSSR count). The first-order chi connectivity index (χ1) is 13.6. The maximum Gasteiger partial charge on any atom is 0.326 e. The lowest BCUT2D eigenvalue weighted by molar-refractivity contribution is -0.142. The summed E-state index contributed by atoms with van der Waals surface area (Å²) in [5.74, 6) is -1.40. The van der Waals surface area contributed by atoms with Gasteiger partial charge in [-0.05, 0) is 23.1 Å². The topological polar surface area (TPSA) is 66.4 Å². The second-order valence-corrected chi connectivity index (χ2v) is 6.62. The first-order valence-corrected chi connectivity index (χ1v) is 9.31. The monoisotopic (exact) mass is 373 g/mol. The maximum absolute atomic E-state index is 13.8. The van der Waals surface area contributed by atoms with Crippen LogP contribution in [0.1, 0.15) is 30.0 Å². The van der Waals surface area contributed by atoms with Gasteiger partial charge in [0.15, 0.2) is 0 Å². The van der Waals surface area contributed by atoms with E-state index in [0.29, 0.717) is 6.42 Å². The molecule has 4 heteroatoms. The van der Waals surface area contributed by atoms with Gasteiger partial charge in [0.2, 0.25) is 5.91 Å². The number of carboxylic acid groups (broad SMARTS) is 1. The van der Waals surface area contributed by atoms with Crippen LogP contribution in [0.4, 0.5) is 0 Å². The van der Waals surface area contributed by atoms with Crippen LogP contribution in [0.15, 0.2) is 91.0 Å². The lowest BCUT2D eigenvalue weighted by Gasteiger charge is -2.35. The maximum atomic E-state index is 13.8. The van der Waals surface area contributed by atoms with Crippen LogP contribution in [0.25, 0.3) is 0 Å². The van der Waals surface area contributed by atoms with Gasteiger partial charge in [0, 0.05) is 0 Å². The van der Waals surface area contributed by atoms with E-state index in [1.807, 2.05) is 91.0 Å². The van der Waals surface area contributed by atoms with Crippen molar-refractivity contribution in [2.45, 2.75) is 24.8 Å². The zero-order chi connectivity index (χ0) is 20.0. The molecule has 28 heavy (non-hydrogen) atoms. The molecule has 0 aromatic heterocycles. The van der Waals surface area contributed by atoms with Crippen molar-refractivity contribution in [3.63, 3.8) is 0 Å². The molecule has 3 aromatic rings. The Kier molecular flexibility index (Phi) is 5.90. The highest BCUT2D eigenvalue weighted by atomic mass is 16.4. The van der Waals surface area contributed by atoms with Crippen LogP contribution in [0.2, 0.25) is 0 Å². The van der Waals surface area contributed by atoms with Gasteiger partial charge in [0.1, 0.15) is 11.5 Å². The zero-order valence-corrected chi connectivity index (χ0v) is 15.7. The number of hydrogen-bond acceptors (Lipinski definition) is 2. The second kappa shape index (κ2) is 8.53. The van der Waals surface area contributed by atoms with E-state index in [1.165, 1.54) is 0 Å². The van der Waals surface area contributed by atoms with E-state index in [-0.39, 0.29) is 5.91 Å². The van der Waals surface area contributed by atoms with Crippen LogP contribution in [0.5, 0.6) is 0 Å². The Morgan fingerprint density at radius 1 is 0.786 bits per heavy atom. The van der Waals surface area contributed by atoms with Gasteiger partial charge >= 0.3 is 5.97 Å². The molecule has 2 N–H and O–H groups in total. The Labute approximate surface area is 164 Å². The van der Waals surface area contributed by atoms with Gasteiger partial charge in [0.25, 0.3) is 0 Å². The molecule has 0 heterocycles. The molecular weight excluding hydrogens is 350 g/mol. The van der Waals surface area contributed by atoms with Crippen LogP contribution in [-0.4, -0.2) is 23.0 Å². The summed E-state index contributed by atoms with van der Waals surface area (Å²) in [5.41, 5.74) is 1.19. The summed E-state index contributed by atoms with van der Waals surface area (Å²) in [7, 11) is 0. The van der Waals surface area contributed by atoms with Crippen molar-refractivity contribution in [1.29, 1.82) is 0 Å². The van der Waals surface area contributed by atoms with E-state index < -0.39 is 17.4 Å². The van der Waals surface area contributed by atoms with E-state index >= 15 is 0 Å². The molecule has 3 aromatic carbocycles. The third-order valence-corrected chi connectivity index (χ3v) is 4.97. The molecule has 0 saturated carbocycles. The van der Waals surface area contributed by atoms with Crippen LogP contribution < -0.4 is 5.32 Å². The fraction of sp³-hybridized carbons (Fsp3) is 0.167. The highest BCUT2D eigenvalue weighted by Crippen LogP contribution is 2.39. The molecule has 0 aliphatic carbocycles. The van der Waals surface area contributed by atoms with E-state index in [0.717, 1.165) is 16.7 Å². The molecule has 4 nitrogen and oxygen atoms in total. The summed E-state index contributed by atoms with van der Waals surface area (Å²) in [6.07, 6.45) is 0.301. The first kappa shape index (κ1) is 19.4. The van der Waals surface area contributed by atoms with Crippen molar-refractivity contribution in [3.8, 4) is 0 Å². The number of carbonyl (C=O) groups is 2. The van der Waals surface area contributed by atoms with Crippen LogP contribution in [-0.2, 0) is 15.0 Å². The highest BCUT2D eigenvalue weighted by Gasteiger charge is 2.44. The van der Waals surface area contributed by atoms with Crippen LogP contribution >= 0.6 is 0 Å². The normalized spacial score (nSPS) is 12.2. The van der Waals surface area contributed by atoms with E-state index in [1.54, 1.807) is 6.92 Å². The average Bonchev–Trinajstić information content (AvgIpc) is 2.74. The zero-order valence-electron chi connectivity index (χ0n) is 15.7. The minimum absolute atomic E-state index is 0.301. The van der Waals surface area contributed by atoms with Gasteiger partial charge < -0.3 is 10.4 Å². The van der Waals surface area contributed by atoms with Crippen molar-refractivity contribution in [2.24, 2.45) is 0 Å². The largest absolute Gasteiger partial charge is 0.480 e. The SMILES string of the molecule is CC[C@H](NC(=O)C(c1ccccc1)(c1ccccc1)c1ccccc1)C(=O)O. The van der Waals surface area contributed by atoms with Crippen molar-refractivity contribution < 1.29 is 14.7 Å². The standard InChI is InChI=1S/C24H23NO3/c1-2-21(22(26)27)25-23(28)24(18-12-6-3-7-13-18,19-14-8-4-9-15-19)20-16-10-5-11-17-20/h3-17,21H,2H2,1H3,(H,25,28)(H,26,27)/t21-/m0/s1. The summed E-state index contributed by atoms with van der Waals surface area (Å²) in [4.78, 5) is 25.4. The Morgan fingerprint density at radius 2 is 1.14 bits per heavy atom. The molecule has 0 radical (unpaired) electrons. The number of amides is 1. The molecule has 0 aliphatic rings. The van der Waals surface area contributed by atoms with Crippen LogP contribution in [0, 0.1) is 0 Å². The van der Waals surface area contributed by atoms with Gasteiger partial charge in [-0.25, -0.2) is 4.79 Å². The minimum atomic E-state index is -1.16. The van der Waals surface area contributed by atoms with Gasteiger partial charge in [-0.3, -0.25) is 4.79 Å². The summed E-state index contributed by atoms with van der Waals surface area (Å²) in [6, 6.07) is 27.5. The van der Waals surface area contributed by atoms with E-state index in [9.17, 15) is 14.7 Å². The van der Waals surface area contributed by atoms with Crippen molar-refractivity contribution >= 4 is 11.9 Å². The van der Waals surface area contributed by atoms with Crippen molar-refractivity contribution in [1.82, 2.24) is 5.32 Å². The van der Waals surface area contributed by atoms with Gasteiger partial charge in [0.05, 0.1) is 0 Å². The highest BCUT2D eigenvalue weighted by molar-refractivity contribution is 5.98. The fourth-order valence-electron chi connectivity index (χ4n) is 3.56. The van der Waals surface area contributed by atoms with E-state index in [4.69, 9.17) is 0 Å². The third-order valence-electron chi connectivity index (χ3n) is 4.97. The molecule has 0 aliphatic heterocycles. The van der Waals surface area contributed by atoms with E-state index in [2.05, 4.69) is 5.32 Å². The van der Waals surface area contributed by atoms with Gasteiger partial charge in [-0.1, -0.05) is 97.9 Å². The Hall–Kier alpha value is -3.40. The van der Waals surface area contributed by atoms with Crippen molar-refractivity contribution in [3.05, 3.63) is 108 Å². The summed E-state index contributed by atoms with van der Waals surface area (Å²) >= 11 is 0. The predicted molar refractivity (Wildman–Crippen MR) is 109 cm³/mol. The lowest BCUT2D eigenvalue weighted by atomic mass is 9.68. The Bertz CT molecular complexity index is 827. The molecule has 0 unspecified atom stereocenters. The molecule has 0 fully saturated rings. The number of carboxylic acids is 1. The number of rotatable bonds is 7. The fourth-order valence-corrected chi connectivity index (χ4v) is 3.56. The first-order valence-electron chi connectivity index (χ1n) is 9.31. The molecule has 0 spiro atoms. The smallest absolute Gasteiger partial charge is 0.326 e. The number of nitrogens with one attached hydrogen (secondary N) is 1. The predicted octanol–water partition coefficient (Wildman–Crippen LogP) is 4.00.